The van der Waals surface area contributed by atoms with E-state index in [-0.39, 0.29) is 23.3 Å². The van der Waals surface area contributed by atoms with E-state index >= 15 is 0 Å². The summed E-state index contributed by atoms with van der Waals surface area (Å²) in [4.78, 5) is 1.32. The highest BCUT2D eigenvalue weighted by atomic mass is 32.2. The molecule has 32 heavy (non-hydrogen) atoms. The van der Waals surface area contributed by atoms with Gasteiger partial charge in [0.1, 0.15) is 0 Å². The molecule has 7 heteroatoms. The lowest BCUT2D eigenvalue weighted by molar-refractivity contribution is 0.104. The Morgan fingerprint density at radius 3 is 2.50 bits per heavy atom. The zero-order valence-electron chi connectivity index (χ0n) is 19.7. The van der Waals surface area contributed by atoms with Crippen molar-refractivity contribution in [1.29, 1.82) is 0 Å². The zero-order valence-corrected chi connectivity index (χ0v) is 21.3. The molecule has 1 fully saturated rings. The van der Waals surface area contributed by atoms with E-state index in [1.807, 2.05) is 30.3 Å². The minimum absolute atomic E-state index is 0.00431. The number of benzene rings is 1. The van der Waals surface area contributed by atoms with Crippen LogP contribution in [0.25, 0.3) is 0 Å². The lowest BCUT2D eigenvalue weighted by Crippen LogP contribution is -2.37. The van der Waals surface area contributed by atoms with Crippen molar-refractivity contribution in [2.24, 2.45) is 5.41 Å². The fourth-order valence-corrected chi connectivity index (χ4v) is 7.19. The molecule has 3 unspecified atom stereocenters. The summed E-state index contributed by atoms with van der Waals surface area (Å²) < 4.78 is 33.1. The Morgan fingerprint density at radius 1 is 1.19 bits per heavy atom. The highest BCUT2D eigenvalue weighted by molar-refractivity contribution is 7.93. The van der Waals surface area contributed by atoms with Gasteiger partial charge in [0.05, 0.1) is 29.7 Å². The number of aryl methyl sites for hydroxylation is 1. The van der Waals surface area contributed by atoms with Gasteiger partial charge in [0.15, 0.2) is 0 Å². The van der Waals surface area contributed by atoms with Crippen LogP contribution in [0.2, 0.25) is 0 Å². The van der Waals surface area contributed by atoms with E-state index in [1.165, 1.54) is 4.88 Å². The fraction of sp³-hybridized carbons (Fsp3) is 0.600. The largest absolute Gasteiger partial charge is 0.388 e. The van der Waals surface area contributed by atoms with E-state index in [4.69, 9.17) is 4.74 Å². The maximum absolute atomic E-state index is 13.0. The van der Waals surface area contributed by atoms with Crippen LogP contribution in [0.4, 0.5) is 5.69 Å². The number of ether oxygens (including phenoxy) is 1. The Bertz CT molecular complexity index is 933. The molecule has 0 aliphatic carbocycles. The molecule has 0 spiro atoms. The molecule has 5 nitrogen and oxygen atoms in total. The normalized spacial score (nSPS) is 21.7. The van der Waals surface area contributed by atoms with Gasteiger partial charge in [-0.3, -0.25) is 4.31 Å². The van der Waals surface area contributed by atoms with Crippen molar-refractivity contribution in [3.63, 3.8) is 0 Å². The Hall–Kier alpha value is -1.41. The SMILES string of the molecule is COC1CS(=O)(=O)N(c2ccc(C(O)CCCC(C)(C)C)cc2)C1CCCc1cccs1. The zero-order chi connectivity index (χ0) is 23.4. The predicted molar refractivity (Wildman–Crippen MR) is 133 cm³/mol. The molecule has 1 aliphatic heterocycles. The first-order valence-electron chi connectivity index (χ1n) is 11.5. The minimum Gasteiger partial charge on any atom is -0.388 e. The van der Waals surface area contributed by atoms with Gasteiger partial charge in [0, 0.05) is 12.0 Å². The van der Waals surface area contributed by atoms with Crippen molar-refractivity contribution in [3.8, 4) is 0 Å². The van der Waals surface area contributed by atoms with E-state index in [0.29, 0.717) is 12.1 Å². The smallest absolute Gasteiger partial charge is 0.238 e. The van der Waals surface area contributed by atoms with Crippen LogP contribution in [0.5, 0.6) is 0 Å². The average Bonchev–Trinajstić information content (AvgIpc) is 3.32. The van der Waals surface area contributed by atoms with Crippen LogP contribution < -0.4 is 4.31 Å². The Labute approximate surface area is 197 Å². The molecule has 0 amide bonds. The van der Waals surface area contributed by atoms with Crippen molar-refractivity contribution >= 4 is 27.0 Å². The molecule has 2 heterocycles. The summed E-state index contributed by atoms with van der Waals surface area (Å²) in [6.07, 6.45) is 4.43. The molecule has 1 aromatic heterocycles. The first-order chi connectivity index (χ1) is 15.1. The summed E-state index contributed by atoms with van der Waals surface area (Å²) in [7, 11) is -1.86. The number of methoxy groups -OCH3 is 1. The predicted octanol–water partition coefficient (Wildman–Crippen LogP) is 5.55. The van der Waals surface area contributed by atoms with Gasteiger partial charge in [-0.25, -0.2) is 8.42 Å². The molecule has 1 aliphatic rings. The summed E-state index contributed by atoms with van der Waals surface area (Å²) in [6.45, 7) is 6.61. The minimum atomic E-state index is -3.45. The molecule has 1 N–H and O–H groups in total. The Kier molecular flexibility index (Phi) is 8.42. The highest BCUT2D eigenvalue weighted by Gasteiger charge is 2.45. The van der Waals surface area contributed by atoms with Crippen molar-refractivity contribution in [2.75, 3.05) is 17.2 Å². The molecule has 1 aromatic carbocycles. The van der Waals surface area contributed by atoms with Gasteiger partial charge >= 0.3 is 0 Å². The molecule has 0 radical (unpaired) electrons. The monoisotopic (exact) mass is 479 g/mol. The lowest BCUT2D eigenvalue weighted by Gasteiger charge is -2.28. The number of aliphatic hydroxyl groups is 1. The summed E-state index contributed by atoms with van der Waals surface area (Å²) in [5, 5.41) is 12.6. The third kappa shape index (κ3) is 6.56. The number of hydrogen-bond donors (Lipinski definition) is 1. The van der Waals surface area contributed by atoms with Crippen LogP contribution in [0, 0.1) is 5.41 Å². The van der Waals surface area contributed by atoms with Crippen LogP contribution in [-0.4, -0.2) is 38.5 Å². The van der Waals surface area contributed by atoms with Gasteiger partial charge in [-0.1, -0.05) is 45.4 Å². The summed E-state index contributed by atoms with van der Waals surface area (Å²) >= 11 is 1.73. The number of aliphatic hydroxyl groups excluding tert-OH is 1. The number of thiophene rings is 1. The lowest BCUT2D eigenvalue weighted by atomic mass is 9.88. The number of anilines is 1. The molecule has 1 saturated heterocycles. The maximum Gasteiger partial charge on any atom is 0.238 e. The third-order valence-corrected chi connectivity index (χ3v) is 8.91. The molecule has 2 aromatic rings. The first-order valence-corrected chi connectivity index (χ1v) is 13.9. The fourth-order valence-electron chi connectivity index (χ4n) is 4.41. The molecular weight excluding hydrogens is 442 g/mol. The summed E-state index contributed by atoms with van der Waals surface area (Å²) in [6, 6.07) is 11.3. The van der Waals surface area contributed by atoms with Crippen LogP contribution in [0.1, 0.15) is 69.4 Å². The molecule has 3 rings (SSSR count). The van der Waals surface area contributed by atoms with E-state index in [1.54, 1.807) is 22.8 Å². The van der Waals surface area contributed by atoms with Crippen LogP contribution in [-0.2, 0) is 21.2 Å². The Morgan fingerprint density at radius 2 is 1.91 bits per heavy atom. The number of nitrogens with zero attached hydrogens (tertiary/aromatic N) is 1. The topological polar surface area (TPSA) is 66.8 Å². The van der Waals surface area contributed by atoms with E-state index < -0.39 is 16.1 Å². The molecule has 178 valence electrons. The van der Waals surface area contributed by atoms with Gasteiger partial charge < -0.3 is 9.84 Å². The van der Waals surface area contributed by atoms with Crippen molar-refractivity contribution in [2.45, 2.75) is 77.5 Å². The number of hydrogen-bond acceptors (Lipinski definition) is 5. The number of sulfonamides is 1. The second-order valence-corrected chi connectivity index (χ2v) is 12.9. The molecule has 3 atom stereocenters. The standard InChI is InChI=1S/C25H37NO4S2/c1-25(2,3)16-6-11-23(27)19-12-14-20(15-13-19)26-22(24(30-4)18-32(26,28)29)10-5-8-21-9-7-17-31-21/h7,9,12-15,17,22-24,27H,5-6,8,10-11,16,18H2,1-4H3. The van der Waals surface area contributed by atoms with Crippen LogP contribution >= 0.6 is 11.3 Å². The second-order valence-electron chi connectivity index (χ2n) is 9.95. The van der Waals surface area contributed by atoms with Crippen molar-refractivity contribution < 1.29 is 18.3 Å². The van der Waals surface area contributed by atoms with Crippen molar-refractivity contribution in [3.05, 3.63) is 52.2 Å². The van der Waals surface area contributed by atoms with Gasteiger partial charge in [0.2, 0.25) is 10.0 Å². The molecular formula is C25H37NO4S2. The van der Waals surface area contributed by atoms with E-state index in [0.717, 1.165) is 37.7 Å². The summed E-state index contributed by atoms with van der Waals surface area (Å²) in [5.74, 6) is 0.00431. The van der Waals surface area contributed by atoms with Crippen LogP contribution in [0.15, 0.2) is 41.8 Å². The van der Waals surface area contributed by atoms with Crippen molar-refractivity contribution in [1.82, 2.24) is 0 Å². The van der Waals surface area contributed by atoms with Gasteiger partial charge in [-0.2, -0.15) is 0 Å². The Balaban J connectivity index is 1.69. The second kappa shape index (κ2) is 10.7. The molecule has 0 saturated carbocycles. The van der Waals surface area contributed by atoms with Gasteiger partial charge in [-0.15, -0.1) is 11.3 Å². The average molecular weight is 480 g/mol. The number of rotatable bonds is 10. The summed E-state index contributed by atoms with van der Waals surface area (Å²) in [5.41, 5.74) is 1.73. The quantitative estimate of drug-likeness (QED) is 0.485. The van der Waals surface area contributed by atoms with Crippen LogP contribution in [0.3, 0.4) is 0 Å². The van der Waals surface area contributed by atoms with Gasteiger partial charge in [-0.05, 0) is 66.7 Å². The van der Waals surface area contributed by atoms with Gasteiger partial charge in [0.25, 0.3) is 0 Å². The molecule has 0 bridgehead atoms. The highest BCUT2D eigenvalue weighted by Crippen LogP contribution is 2.34. The van der Waals surface area contributed by atoms with E-state index in [2.05, 4.69) is 32.2 Å². The third-order valence-electron chi connectivity index (χ3n) is 6.15. The first kappa shape index (κ1) is 25.2. The maximum atomic E-state index is 13.0. The van der Waals surface area contributed by atoms with E-state index in [9.17, 15) is 13.5 Å².